The molecule has 122 valence electrons. The topological polar surface area (TPSA) is 37.4 Å². The second kappa shape index (κ2) is 7.97. The summed E-state index contributed by atoms with van der Waals surface area (Å²) >= 11 is 0. The van der Waals surface area contributed by atoms with Gasteiger partial charge in [-0.3, -0.25) is 0 Å². The van der Waals surface area contributed by atoms with Crippen LogP contribution in [0.5, 0.6) is 5.75 Å². The van der Waals surface area contributed by atoms with Crippen LogP contribution in [0.15, 0.2) is 48.7 Å². The van der Waals surface area contributed by atoms with Crippen LogP contribution in [0, 0.1) is 0 Å². The van der Waals surface area contributed by atoms with Crippen LogP contribution in [0.25, 0.3) is 0 Å². The van der Waals surface area contributed by atoms with Crippen LogP contribution in [0.4, 0.5) is 5.82 Å². The lowest BCUT2D eigenvalue weighted by Gasteiger charge is -2.32. The Hall–Kier alpha value is -2.07. The van der Waals surface area contributed by atoms with E-state index in [1.165, 1.54) is 18.4 Å². The van der Waals surface area contributed by atoms with Crippen molar-refractivity contribution in [2.75, 3.05) is 38.6 Å². The Morgan fingerprint density at radius 1 is 1.13 bits per heavy atom. The molecule has 1 aliphatic rings. The molecule has 0 bridgehead atoms. The van der Waals surface area contributed by atoms with E-state index in [1.54, 1.807) is 7.11 Å². The van der Waals surface area contributed by atoms with Crippen LogP contribution in [0.2, 0.25) is 0 Å². The number of benzene rings is 1. The summed E-state index contributed by atoms with van der Waals surface area (Å²) in [6.07, 6.45) is 4.22. The van der Waals surface area contributed by atoms with Gasteiger partial charge < -0.3 is 15.0 Å². The van der Waals surface area contributed by atoms with Crippen molar-refractivity contribution in [1.82, 2.24) is 9.88 Å². The van der Waals surface area contributed by atoms with Gasteiger partial charge in [-0.25, -0.2) is 4.98 Å². The van der Waals surface area contributed by atoms with Gasteiger partial charge in [0.2, 0.25) is 0 Å². The molecule has 2 heterocycles. The minimum Gasteiger partial charge on any atom is -0.496 e. The molecule has 23 heavy (non-hydrogen) atoms. The smallest absolute Gasteiger partial charge is 0.125 e. The lowest BCUT2D eigenvalue weighted by Crippen LogP contribution is -2.36. The second-order valence-electron chi connectivity index (χ2n) is 6.00. The normalized spacial score (nSPS) is 16.2. The van der Waals surface area contributed by atoms with Crippen LogP contribution >= 0.6 is 0 Å². The highest BCUT2D eigenvalue weighted by Gasteiger charge is 2.22. The number of para-hydroxylation sites is 1. The second-order valence-corrected chi connectivity index (χ2v) is 6.00. The first-order valence-corrected chi connectivity index (χ1v) is 8.37. The summed E-state index contributed by atoms with van der Waals surface area (Å²) in [6.45, 7) is 4.30. The van der Waals surface area contributed by atoms with Crippen molar-refractivity contribution in [3.8, 4) is 5.75 Å². The van der Waals surface area contributed by atoms with Gasteiger partial charge in [-0.05, 0) is 55.6 Å². The number of rotatable bonds is 6. The third-order valence-corrected chi connectivity index (χ3v) is 4.57. The highest BCUT2D eigenvalue weighted by atomic mass is 16.5. The van der Waals surface area contributed by atoms with Gasteiger partial charge in [0.05, 0.1) is 7.11 Å². The first kappa shape index (κ1) is 15.8. The maximum atomic E-state index is 5.51. The van der Waals surface area contributed by atoms with E-state index in [0.29, 0.717) is 5.92 Å². The number of methoxy groups -OCH3 is 1. The number of aromatic nitrogens is 1. The fourth-order valence-electron chi connectivity index (χ4n) is 3.28. The molecule has 1 aromatic carbocycles. The third kappa shape index (κ3) is 4.23. The Balaban J connectivity index is 1.45. The molecule has 0 unspecified atom stereocenters. The van der Waals surface area contributed by atoms with Crippen molar-refractivity contribution in [3.63, 3.8) is 0 Å². The minimum atomic E-state index is 0.617. The number of pyridine rings is 1. The maximum Gasteiger partial charge on any atom is 0.125 e. The molecular weight excluding hydrogens is 286 g/mol. The van der Waals surface area contributed by atoms with Crippen molar-refractivity contribution in [2.45, 2.75) is 18.8 Å². The largest absolute Gasteiger partial charge is 0.496 e. The number of anilines is 1. The maximum absolute atomic E-state index is 5.51. The molecule has 1 aliphatic heterocycles. The van der Waals surface area contributed by atoms with Crippen molar-refractivity contribution >= 4 is 5.82 Å². The van der Waals surface area contributed by atoms with Gasteiger partial charge in [-0.2, -0.15) is 0 Å². The minimum absolute atomic E-state index is 0.617. The summed E-state index contributed by atoms with van der Waals surface area (Å²) in [5.41, 5.74) is 1.36. The molecule has 4 nitrogen and oxygen atoms in total. The third-order valence-electron chi connectivity index (χ3n) is 4.57. The summed E-state index contributed by atoms with van der Waals surface area (Å²) in [7, 11) is 1.76. The molecule has 0 atom stereocenters. The first-order valence-electron chi connectivity index (χ1n) is 8.37. The summed E-state index contributed by atoms with van der Waals surface area (Å²) in [5.74, 6) is 2.60. The van der Waals surface area contributed by atoms with Gasteiger partial charge in [0, 0.05) is 19.3 Å². The monoisotopic (exact) mass is 311 g/mol. The summed E-state index contributed by atoms with van der Waals surface area (Å²) in [4.78, 5) is 6.82. The van der Waals surface area contributed by atoms with E-state index in [9.17, 15) is 0 Å². The van der Waals surface area contributed by atoms with Crippen molar-refractivity contribution < 1.29 is 4.74 Å². The Bertz CT molecular complexity index is 595. The molecule has 0 aliphatic carbocycles. The predicted octanol–water partition coefficient (Wildman–Crippen LogP) is 3.38. The van der Waals surface area contributed by atoms with E-state index in [0.717, 1.165) is 37.7 Å². The van der Waals surface area contributed by atoms with E-state index < -0.39 is 0 Å². The van der Waals surface area contributed by atoms with Crippen LogP contribution in [-0.4, -0.2) is 43.2 Å². The van der Waals surface area contributed by atoms with Gasteiger partial charge in [-0.1, -0.05) is 24.3 Å². The lowest BCUT2D eigenvalue weighted by molar-refractivity contribution is 0.218. The molecule has 4 heteroatoms. The van der Waals surface area contributed by atoms with Crippen LogP contribution in [0.3, 0.4) is 0 Å². The molecule has 3 rings (SSSR count). The summed E-state index contributed by atoms with van der Waals surface area (Å²) in [5, 5.41) is 3.38. The van der Waals surface area contributed by atoms with E-state index in [1.807, 2.05) is 30.5 Å². The van der Waals surface area contributed by atoms with Gasteiger partial charge in [-0.15, -0.1) is 0 Å². The number of nitrogens with one attached hydrogen (secondary N) is 1. The molecule has 1 saturated heterocycles. The average Bonchev–Trinajstić information content (AvgIpc) is 2.63. The van der Waals surface area contributed by atoms with Crippen molar-refractivity contribution in [1.29, 1.82) is 0 Å². The van der Waals surface area contributed by atoms with Gasteiger partial charge in [0.25, 0.3) is 0 Å². The number of nitrogens with zero attached hydrogens (tertiary/aromatic N) is 2. The zero-order chi connectivity index (χ0) is 15.9. The van der Waals surface area contributed by atoms with E-state index in [2.05, 4.69) is 33.4 Å². The van der Waals surface area contributed by atoms with Gasteiger partial charge in [0.1, 0.15) is 11.6 Å². The van der Waals surface area contributed by atoms with Crippen molar-refractivity contribution in [2.24, 2.45) is 0 Å². The standard InChI is InChI=1S/C19H25N3O/c1-23-18-7-3-2-6-17(18)16-9-13-22(14-10-16)15-12-21-19-8-4-5-11-20-19/h2-8,11,16H,9-10,12-15H2,1H3,(H,20,21). The summed E-state index contributed by atoms with van der Waals surface area (Å²) in [6, 6.07) is 14.4. The van der Waals surface area contributed by atoms with Crippen LogP contribution < -0.4 is 10.1 Å². The molecule has 1 aromatic heterocycles. The highest BCUT2D eigenvalue weighted by molar-refractivity contribution is 5.36. The number of ether oxygens (including phenoxy) is 1. The van der Waals surface area contributed by atoms with E-state index in [-0.39, 0.29) is 0 Å². The molecule has 1 N–H and O–H groups in total. The quantitative estimate of drug-likeness (QED) is 0.887. The summed E-state index contributed by atoms with van der Waals surface area (Å²) < 4.78 is 5.51. The number of piperidine rings is 1. The molecular formula is C19H25N3O. The number of hydrogen-bond donors (Lipinski definition) is 1. The molecule has 0 amide bonds. The van der Waals surface area contributed by atoms with E-state index in [4.69, 9.17) is 4.74 Å². The Labute approximate surface area is 138 Å². The fraction of sp³-hybridized carbons (Fsp3) is 0.421. The molecule has 1 fully saturated rings. The number of hydrogen-bond acceptors (Lipinski definition) is 4. The lowest BCUT2D eigenvalue weighted by atomic mass is 9.89. The molecule has 2 aromatic rings. The fourth-order valence-corrected chi connectivity index (χ4v) is 3.28. The van der Waals surface area contributed by atoms with Gasteiger partial charge in [0.15, 0.2) is 0 Å². The van der Waals surface area contributed by atoms with Crippen LogP contribution in [-0.2, 0) is 0 Å². The number of likely N-dealkylation sites (tertiary alicyclic amines) is 1. The van der Waals surface area contributed by atoms with Crippen LogP contribution in [0.1, 0.15) is 24.3 Å². The average molecular weight is 311 g/mol. The van der Waals surface area contributed by atoms with Crippen molar-refractivity contribution in [3.05, 3.63) is 54.2 Å². The van der Waals surface area contributed by atoms with Gasteiger partial charge >= 0.3 is 0 Å². The molecule has 0 saturated carbocycles. The first-order chi connectivity index (χ1) is 11.4. The molecule has 0 spiro atoms. The Kier molecular flexibility index (Phi) is 5.48. The highest BCUT2D eigenvalue weighted by Crippen LogP contribution is 2.33. The Morgan fingerprint density at radius 2 is 1.91 bits per heavy atom. The zero-order valence-corrected chi connectivity index (χ0v) is 13.7. The van der Waals surface area contributed by atoms with E-state index >= 15 is 0 Å². The predicted molar refractivity (Wildman–Crippen MR) is 94.1 cm³/mol. The SMILES string of the molecule is COc1ccccc1C1CCN(CCNc2ccccn2)CC1. The zero-order valence-electron chi connectivity index (χ0n) is 13.7. The Morgan fingerprint density at radius 3 is 2.65 bits per heavy atom. The molecule has 0 radical (unpaired) electrons.